The van der Waals surface area contributed by atoms with Gasteiger partial charge < -0.3 is 9.67 Å². The Hall–Kier alpha value is -2.10. The highest BCUT2D eigenvalue weighted by atomic mass is 16.4. The topological polar surface area (TPSA) is 59.3 Å². The van der Waals surface area contributed by atoms with Gasteiger partial charge in [-0.15, -0.1) is 0 Å². The minimum atomic E-state index is -1.05. The van der Waals surface area contributed by atoms with Crippen molar-refractivity contribution in [1.82, 2.24) is 4.57 Å². The van der Waals surface area contributed by atoms with Crippen molar-refractivity contribution in [2.75, 3.05) is 0 Å². The quantitative estimate of drug-likeness (QED) is 0.778. The first kappa shape index (κ1) is 9.15. The lowest BCUT2D eigenvalue weighted by atomic mass is 10.1. The van der Waals surface area contributed by atoms with Crippen LogP contribution in [0.15, 0.2) is 29.1 Å². The van der Waals surface area contributed by atoms with Crippen LogP contribution >= 0.6 is 0 Å². The van der Waals surface area contributed by atoms with Gasteiger partial charge in [-0.1, -0.05) is 18.2 Å². The van der Waals surface area contributed by atoms with Gasteiger partial charge in [-0.05, 0) is 12.0 Å². The summed E-state index contributed by atoms with van der Waals surface area (Å²) in [7, 11) is 0. The van der Waals surface area contributed by atoms with Gasteiger partial charge in [0.1, 0.15) is 0 Å². The molecule has 0 radical (unpaired) electrons. The fourth-order valence-corrected chi connectivity index (χ4v) is 2.35. The Morgan fingerprint density at radius 2 is 2.19 bits per heavy atom. The Bertz CT molecular complexity index is 670. The maximum atomic E-state index is 11.7. The number of carboxylic acids is 1. The first-order valence-corrected chi connectivity index (χ1v) is 5.07. The van der Waals surface area contributed by atoms with Crippen molar-refractivity contribution in [3.8, 4) is 0 Å². The number of aryl methyl sites for hydroxylation is 2. The summed E-state index contributed by atoms with van der Waals surface area (Å²) in [4.78, 5) is 22.8. The van der Waals surface area contributed by atoms with Crippen molar-refractivity contribution in [2.45, 2.75) is 13.0 Å². The monoisotopic (exact) mass is 215 g/mol. The van der Waals surface area contributed by atoms with Crippen molar-refractivity contribution >= 4 is 16.9 Å². The van der Waals surface area contributed by atoms with E-state index in [-0.39, 0.29) is 11.1 Å². The summed E-state index contributed by atoms with van der Waals surface area (Å²) in [5.41, 5.74) is 1.71. The van der Waals surface area contributed by atoms with Crippen molar-refractivity contribution in [3.63, 3.8) is 0 Å². The Balaban J connectivity index is 2.58. The second-order valence-electron chi connectivity index (χ2n) is 3.92. The van der Waals surface area contributed by atoms with E-state index in [1.807, 2.05) is 12.1 Å². The van der Waals surface area contributed by atoms with E-state index in [2.05, 4.69) is 0 Å². The highest BCUT2D eigenvalue weighted by Gasteiger charge is 2.19. The number of hydrogen-bond acceptors (Lipinski definition) is 2. The average Bonchev–Trinajstić information content (AvgIpc) is 2.68. The molecule has 0 saturated heterocycles. The minimum absolute atomic E-state index is 0.0972. The van der Waals surface area contributed by atoms with E-state index in [9.17, 15) is 9.59 Å². The van der Waals surface area contributed by atoms with Crippen LogP contribution in [-0.2, 0) is 13.0 Å². The van der Waals surface area contributed by atoms with E-state index in [4.69, 9.17) is 5.11 Å². The molecule has 1 aromatic carbocycles. The molecule has 0 atom stereocenters. The Morgan fingerprint density at radius 1 is 1.38 bits per heavy atom. The summed E-state index contributed by atoms with van der Waals surface area (Å²) < 4.78 is 1.65. The highest BCUT2D eigenvalue weighted by molar-refractivity contribution is 6.03. The third kappa shape index (κ3) is 1.04. The molecule has 2 aromatic rings. The third-order valence-corrected chi connectivity index (χ3v) is 3.05. The van der Waals surface area contributed by atoms with Gasteiger partial charge in [-0.2, -0.15) is 0 Å². The molecular formula is C12H9NO3. The molecule has 0 fully saturated rings. The predicted molar refractivity (Wildman–Crippen MR) is 58.9 cm³/mol. The van der Waals surface area contributed by atoms with Gasteiger partial charge >= 0.3 is 5.97 Å². The molecule has 0 aliphatic carbocycles. The number of rotatable bonds is 1. The van der Waals surface area contributed by atoms with E-state index in [0.29, 0.717) is 11.9 Å². The van der Waals surface area contributed by atoms with E-state index < -0.39 is 5.97 Å². The van der Waals surface area contributed by atoms with Crippen LogP contribution in [0.1, 0.15) is 15.9 Å². The summed E-state index contributed by atoms with van der Waals surface area (Å²) in [6.07, 6.45) is 0.801. The molecule has 0 spiro atoms. The zero-order chi connectivity index (χ0) is 11.3. The zero-order valence-corrected chi connectivity index (χ0v) is 8.43. The van der Waals surface area contributed by atoms with Gasteiger partial charge in [0.2, 0.25) is 0 Å². The number of pyridine rings is 1. The Kier molecular flexibility index (Phi) is 1.68. The minimum Gasteiger partial charge on any atom is -0.478 e. The van der Waals surface area contributed by atoms with Crippen molar-refractivity contribution in [2.24, 2.45) is 0 Å². The molecule has 1 aliphatic heterocycles. The lowest BCUT2D eigenvalue weighted by molar-refractivity contribution is 0.0699. The second kappa shape index (κ2) is 2.95. The molecule has 3 rings (SSSR count). The summed E-state index contributed by atoms with van der Waals surface area (Å²) in [6.45, 7) is 0.647. The maximum absolute atomic E-state index is 11.7. The number of benzene rings is 1. The summed E-state index contributed by atoms with van der Waals surface area (Å²) in [5, 5.41) is 9.72. The molecule has 4 heteroatoms. The number of hydrogen-bond donors (Lipinski definition) is 1. The molecular weight excluding hydrogens is 206 g/mol. The number of nitrogens with zero attached hydrogens (tertiary/aromatic N) is 1. The first-order chi connectivity index (χ1) is 7.68. The lowest BCUT2D eigenvalue weighted by Gasteiger charge is -2.06. The van der Waals surface area contributed by atoms with Crippen molar-refractivity contribution in [1.29, 1.82) is 0 Å². The smallest absolute Gasteiger partial charge is 0.336 e. The molecule has 1 aromatic heterocycles. The van der Waals surface area contributed by atoms with Gasteiger partial charge in [0.05, 0.1) is 11.1 Å². The number of aromatic carboxylic acids is 1. The normalized spacial score (nSPS) is 13.2. The SMILES string of the molecule is O=C(O)c1cc(=O)n2c3c(cccc13)CC2. The second-order valence-corrected chi connectivity index (χ2v) is 3.92. The molecule has 0 amide bonds. The fraction of sp³-hybridized carbons (Fsp3) is 0.167. The maximum Gasteiger partial charge on any atom is 0.336 e. The average molecular weight is 215 g/mol. The fourth-order valence-electron chi connectivity index (χ4n) is 2.35. The first-order valence-electron chi connectivity index (χ1n) is 5.07. The summed E-state index contributed by atoms with van der Waals surface area (Å²) >= 11 is 0. The molecule has 0 saturated carbocycles. The molecule has 1 N–H and O–H groups in total. The van der Waals surface area contributed by atoms with Gasteiger partial charge in [0.15, 0.2) is 0 Å². The lowest BCUT2D eigenvalue weighted by Crippen LogP contribution is -2.19. The van der Waals surface area contributed by atoms with E-state index in [1.165, 1.54) is 6.07 Å². The van der Waals surface area contributed by atoms with Crippen LogP contribution in [0.3, 0.4) is 0 Å². The van der Waals surface area contributed by atoms with Gasteiger partial charge in [0.25, 0.3) is 5.56 Å². The summed E-state index contributed by atoms with van der Waals surface area (Å²) in [6, 6.07) is 6.74. The number of aromatic nitrogens is 1. The largest absolute Gasteiger partial charge is 0.478 e. The van der Waals surface area contributed by atoms with Crippen LogP contribution in [0, 0.1) is 0 Å². The van der Waals surface area contributed by atoms with Crippen LogP contribution < -0.4 is 5.56 Å². The molecule has 0 bridgehead atoms. The van der Waals surface area contributed by atoms with E-state index in [1.54, 1.807) is 10.6 Å². The number of carbonyl (C=O) groups is 1. The Morgan fingerprint density at radius 3 is 2.94 bits per heavy atom. The van der Waals surface area contributed by atoms with Crippen molar-refractivity contribution < 1.29 is 9.90 Å². The number of para-hydroxylation sites is 1. The highest BCUT2D eigenvalue weighted by Crippen LogP contribution is 2.25. The number of carboxylic acid groups (broad SMARTS) is 1. The van der Waals surface area contributed by atoms with Gasteiger partial charge in [-0.3, -0.25) is 4.79 Å². The van der Waals surface area contributed by atoms with Gasteiger partial charge in [0, 0.05) is 18.0 Å². The van der Waals surface area contributed by atoms with Gasteiger partial charge in [-0.25, -0.2) is 4.79 Å². The molecule has 2 heterocycles. The molecule has 80 valence electrons. The Labute approximate surface area is 90.7 Å². The zero-order valence-electron chi connectivity index (χ0n) is 8.43. The third-order valence-electron chi connectivity index (χ3n) is 3.05. The van der Waals surface area contributed by atoms with Crippen LogP contribution in [0.5, 0.6) is 0 Å². The predicted octanol–water partition coefficient (Wildman–Crippen LogP) is 1.26. The van der Waals surface area contributed by atoms with Crippen LogP contribution in [0.4, 0.5) is 0 Å². The standard InChI is InChI=1S/C12H9NO3/c14-10-6-9(12(15)16)8-3-1-2-7-4-5-13(10)11(7)8/h1-3,6H,4-5H2,(H,15,16). The van der Waals surface area contributed by atoms with Crippen LogP contribution in [-0.4, -0.2) is 15.6 Å². The van der Waals surface area contributed by atoms with E-state index in [0.717, 1.165) is 17.5 Å². The molecule has 16 heavy (non-hydrogen) atoms. The van der Waals surface area contributed by atoms with Crippen LogP contribution in [0.2, 0.25) is 0 Å². The molecule has 0 unspecified atom stereocenters. The summed E-state index contributed by atoms with van der Waals surface area (Å²) in [5.74, 6) is -1.05. The molecule has 4 nitrogen and oxygen atoms in total. The van der Waals surface area contributed by atoms with E-state index >= 15 is 0 Å². The van der Waals surface area contributed by atoms with Crippen LogP contribution in [0.25, 0.3) is 10.9 Å². The molecule has 1 aliphatic rings. The van der Waals surface area contributed by atoms with Crippen molar-refractivity contribution in [3.05, 3.63) is 45.7 Å².